The number of pyridine rings is 1. The van der Waals surface area contributed by atoms with E-state index in [9.17, 15) is 9.59 Å². The van der Waals surface area contributed by atoms with Gasteiger partial charge in [0.2, 0.25) is 5.91 Å². The molecule has 190 valence electrons. The van der Waals surface area contributed by atoms with Gasteiger partial charge in [-0.15, -0.1) is 0 Å². The van der Waals surface area contributed by atoms with Crippen LogP contribution in [-0.2, 0) is 9.53 Å². The predicted octanol–water partition coefficient (Wildman–Crippen LogP) is 2.71. The van der Waals surface area contributed by atoms with Crippen LogP contribution in [0, 0.1) is 11.5 Å². The molecule has 1 aromatic heterocycles. The van der Waals surface area contributed by atoms with Gasteiger partial charge < -0.3 is 30.1 Å². The minimum absolute atomic E-state index is 0.0125. The second-order valence-corrected chi connectivity index (χ2v) is 9.04. The lowest BCUT2D eigenvalue weighted by molar-refractivity contribution is -0.119. The number of aromatic nitrogens is 1. The van der Waals surface area contributed by atoms with Crippen LogP contribution in [0.4, 0.5) is 23.0 Å². The maximum Gasteiger partial charge on any atom is 0.251 e. The quantitative estimate of drug-likeness (QED) is 0.428. The van der Waals surface area contributed by atoms with Gasteiger partial charge >= 0.3 is 0 Å². The van der Waals surface area contributed by atoms with Gasteiger partial charge in [0.1, 0.15) is 11.9 Å². The first-order chi connectivity index (χ1) is 17.4. The third kappa shape index (κ3) is 5.52. The largest absolute Gasteiger partial charge is 0.380 e. The summed E-state index contributed by atoms with van der Waals surface area (Å²) in [7, 11) is 1.76. The number of nitriles is 1. The van der Waals surface area contributed by atoms with E-state index in [0.717, 1.165) is 24.2 Å². The smallest absolute Gasteiger partial charge is 0.251 e. The monoisotopic (exact) mass is 491 g/mol. The topological polar surface area (TPSA) is 114 Å². The number of carbonyl (C=O) groups excluding carboxylic acids is 2. The Morgan fingerprint density at radius 3 is 2.75 bits per heavy atom. The molecule has 0 saturated carbocycles. The van der Waals surface area contributed by atoms with Gasteiger partial charge in [-0.25, -0.2) is 4.98 Å². The highest BCUT2D eigenvalue weighted by Crippen LogP contribution is 2.35. The van der Waals surface area contributed by atoms with Gasteiger partial charge in [-0.2, -0.15) is 5.26 Å². The molecule has 36 heavy (non-hydrogen) atoms. The van der Waals surface area contributed by atoms with Crippen LogP contribution in [0.2, 0.25) is 0 Å². The Morgan fingerprint density at radius 1 is 1.25 bits per heavy atom. The van der Waals surface area contributed by atoms with Crippen LogP contribution in [0.3, 0.4) is 0 Å². The highest BCUT2D eigenvalue weighted by molar-refractivity contribution is 6.04. The van der Waals surface area contributed by atoms with E-state index in [-0.39, 0.29) is 23.9 Å². The Kier molecular flexibility index (Phi) is 7.90. The number of rotatable bonds is 8. The number of benzene rings is 1. The summed E-state index contributed by atoms with van der Waals surface area (Å²) < 4.78 is 5.52. The van der Waals surface area contributed by atoms with Crippen molar-refractivity contribution in [3.8, 4) is 6.19 Å². The maximum absolute atomic E-state index is 12.8. The number of likely N-dealkylation sites (tertiary alicyclic amines) is 1. The lowest BCUT2D eigenvalue weighted by Crippen LogP contribution is -2.52. The van der Waals surface area contributed by atoms with Crippen molar-refractivity contribution in [1.82, 2.24) is 15.2 Å². The van der Waals surface area contributed by atoms with E-state index in [1.54, 1.807) is 29.0 Å². The van der Waals surface area contributed by atoms with Crippen molar-refractivity contribution >= 4 is 34.8 Å². The van der Waals surface area contributed by atoms with Gasteiger partial charge in [0.05, 0.1) is 12.3 Å². The first-order valence-electron chi connectivity index (χ1n) is 12.4. The first-order valence-corrected chi connectivity index (χ1v) is 12.4. The summed E-state index contributed by atoms with van der Waals surface area (Å²) in [4.78, 5) is 35.7. The van der Waals surface area contributed by atoms with Crippen molar-refractivity contribution in [2.75, 3.05) is 55.0 Å². The summed E-state index contributed by atoms with van der Waals surface area (Å²) in [5, 5.41) is 15.4. The molecule has 2 aliphatic heterocycles. The molecule has 2 aromatic rings. The molecule has 10 nitrogen and oxygen atoms in total. The Labute approximate surface area is 211 Å². The van der Waals surface area contributed by atoms with E-state index in [1.807, 2.05) is 43.0 Å². The molecule has 3 heterocycles. The number of piperidine rings is 1. The molecule has 2 aliphatic rings. The first kappa shape index (κ1) is 25.3. The number of nitrogens with zero attached hydrogens (tertiary/aromatic N) is 5. The van der Waals surface area contributed by atoms with Crippen LogP contribution in [0.25, 0.3) is 0 Å². The number of fused-ring (bicyclic) bond motifs is 1. The number of anilines is 4. The number of likely N-dealkylation sites (N-methyl/N-ethyl adjacent to an activating group) is 1. The number of hydrogen-bond acceptors (Lipinski definition) is 8. The molecule has 0 bridgehead atoms. The summed E-state index contributed by atoms with van der Waals surface area (Å²) in [5.74, 6) is 1.21. The molecular formula is C26H33N7O3. The fourth-order valence-electron chi connectivity index (χ4n) is 4.58. The van der Waals surface area contributed by atoms with E-state index >= 15 is 0 Å². The van der Waals surface area contributed by atoms with Gasteiger partial charge in [-0.05, 0) is 57.0 Å². The minimum atomic E-state index is -0.349. The summed E-state index contributed by atoms with van der Waals surface area (Å²) >= 11 is 0. The Balaban J connectivity index is 1.48. The Morgan fingerprint density at radius 2 is 2.03 bits per heavy atom. The van der Waals surface area contributed by atoms with E-state index in [0.29, 0.717) is 50.0 Å². The molecule has 2 N–H and O–H groups in total. The minimum Gasteiger partial charge on any atom is -0.380 e. The molecule has 1 fully saturated rings. The third-order valence-corrected chi connectivity index (χ3v) is 6.69. The second kappa shape index (κ2) is 11.3. The molecule has 0 spiro atoms. The van der Waals surface area contributed by atoms with Gasteiger partial charge in [0.25, 0.3) is 5.91 Å². The van der Waals surface area contributed by atoms with E-state index in [2.05, 4.69) is 16.8 Å². The van der Waals surface area contributed by atoms with Crippen molar-refractivity contribution in [1.29, 1.82) is 5.26 Å². The normalized spacial score (nSPS) is 18.0. The molecular weight excluding hydrogens is 458 g/mol. The molecule has 1 saturated heterocycles. The fraction of sp³-hybridized carbons (Fsp3) is 0.462. The van der Waals surface area contributed by atoms with Crippen molar-refractivity contribution in [3.63, 3.8) is 0 Å². The van der Waals surface area contributed by atoms with Gasteiger partial charge in [0.15, 0.2) is 12.0 Å². The number of amides is 2. The van der Waals surface area contributed by atoms with Gasteiger partial charge in [-0.1, -0.05) is 6.07 Å². The number of nitrogens with one attached hydrogen (secondary N) is 2. The van der Waals surface area contributed by atoms with Crippen molar-refractivity contribution in [3.05, 3.63) is 42.0 Å². The van der Waals surface area contributed by atoms with Crippen LogP contribution in [0.1, 0.15) is 37.0 Å². The zero-order chi connectivity index (χ0) is 25.7. The lowest BCUT2D eigenvalue weighted by atomic mass is 10.0. The Bertz CT molecular complexity index is 1140. The summed E-state index contributed by atoms with van der Waals surface area (Å²) in [6.45, 7) is 6.81. The number of hydrogen-bond donors (Lipinski definition) is 2. The summed E-state index contributed by atoms with van der Waals surface area (Å²) in [5.41, 5.74) is 2.04. The summed E-state index contributed by atoms with van der Waals surface area (Å²) in [6, 6.07) is 10.7. The third-order valence-electron chi connectivity index (χ3n) is 6.69. The van der Waals surface area contributed by atoms with Crippen LogP contribution in [0.15, 0.2) is 36.4 Å². The highest BCUT2D eigenvalue weighted by Gasteiger charge is 2.34. The number of carbonyl (C=O) groups is 2. The molecule has 0 aliphatic carbocycles. The maximum atomic E-state index is 12.8. The molecule has 2 amide bonds. The van der Waals surface area contributed by atoms with E-state index < -0.39 is 0 Å². The Hall–Kier alpha value is -3.84. The molecule has 4 rings (SSSR count). The van der Waals surface area contributed by atoms with E-state index in [4.69, 9.17) is 15.0 Å². The van der Waals surface area contributed by atoms with Crippen LogP contribution in [0.5, 0.6) is 0 Å². The fourth-order valence-corrected chi connectivity index (χ4v) is 4.58. The molecule has 1 aromatic carbocycles. The van der Waals surface area contributed by atoms with Crippen molar-refractivity contribution < 1.29 is 14.3 Å². The molecule has 1 atom stereocenters. The van der Waals surface area contributed by atoms with Gasteiger partial charge in [-0.3, -0.25) is 9.59 Å². The molecule has 0 radical (unpaired) electrons. The highest BCUT2D eigenvalue weighted by atomic mass is 16.5. The second-order valence-electron chi connectivity index (χ2n) is 9.04. The van der Waals surface area contributed by atoms with Crippen molar-refractivity contribution in [2.45, 2.75) is 38.8 Å². The average Bonchev–Trinajstić information content (AvgIpc) is 2.90. The van der Waals surface area contributed by atoms with Crippen LogP contribution in [-0.4, -0.2) is 73.7 Å². The van der Waals surface area contributed by atoms with Crippen LogP contribution < -0.4 is 20.4 Å². The zero-order valence-corrected chi connectivity index (χ0v) is 21.0. The molecule has 1 unspecified atom stereocenters. The SMILES string of the molecule is CCOCCN1c2nc(Nc3cccc(C(=O)NC4CCN(C#N)CC4)c3)ccc2N(C)C(=O)C1C. The van der Waals surface area contributed by atoms with E-state index in [1.165, 1.54) is 0 Å². The average molecular weight is 492 g/mol. The predicted molar refractivity (Wildman–Crippen MR) is 138 cm³/mol. The standard InChI is InChI=1S/C26H33N7O3/c1-4-36-15-14-33-18(2)26(35)31(3)22-8-9-23(30-24(22)33)28-21-7-5-6-19(16-21)25(34)29-20-10-12-32(17-27)13-11-20/h5-9,16,18,20H,4,10-15H2,1-3H3,(H,28,30)(H,29,34). The number of ether oxygens (including phenoxy) is 1. The van der Waals surface area contributed by atoms with Gasteiger partial charge in [0, 0.05) is 50.6 Å². The zero-order valence-electron chi connectivity index (χ0n) is 21.0. The molecule has 10 heteroatoms. The lowest BCUT2D eigenvalue weighted by Gasteiger charge is -2.39. The van der Waals surface area contributed by atoms with Crippen molar-refractivity contribution in [2.24, 2.45) is 0 Å². The van der Waals surface area contributed by atoms with Crippen LogP contribution >= 0.6 is 0 Å². The summed E-state index contributed by atoms with van der Waals surface area (Å²) in [6.07, 6.45) is 3.67.